The molecule has 2 bridgehead atoms. The van der Waals surface area contributed by atoms with Gasteiger partial charge in [0.1, 0.15) is 6.04 Å². The molecule has 1 aliphatic carbocycles. The molecule has 49 heavy (non-hydrogen) atoms. The van der Waals surface area contributed by atoms with Crippen LogP contribution in [-0.4, -0.2) is 89.4 Å². The van der Waals surface area contributed by atoms with E-state index < -0.39 is 52.5 Å². The standard InChI is InChI=1S/C36H40N6O6S/c1-17-12-20-13-23-25(15-37)42-24(29(41(23)4)27(20)31(44)33(17)47-5)14-22-28(32(45)34(48-6)18(2)30(22)43)26(42)16-40-36(46)19(3)35(38)49(39)21-10-8-7-9-11-21/h7-12,19,23-26,29,38-39,44H,13-14,16H2,1-6H3,(H,40,46)/t19?,23-,24?,25-,26-,29-,49?/m0/s1. The van der Waals surface area contributed by atoms with Crippen molar-refractivity contribution >= 4 is 33.2 Å². The number of ether oxygens (including phenoxy) is 2. The zero-order valence-corrected chi connectivity index (χ0v) is 29.1. The third-order valence-electron chi connectivity index (χ3n) is 10.5. The van der Waals surface area contributed by atoms with E-state index in [-0.39, 0.29) is 52.5 Å². The van der Waals surface area contributed by atoms with Crippen molar-refractivity contribution in [3.8, 4) is 17.6 Å². The normalized spacial score (nSPS) is 26.2. The Kier molecular flexibility index (Phi) is 9.08. The number of carbonyl (C=O) groups is 3. The van der Waals surface area contributed by atoms with E-state index in [1.807, 2.05) is 31.0 Å². The molecule has 0 spiro atoms. The lowest BCUT2D eigenvalue weighted by Crippen LogP contribution is -2.71. The molecule has 0 aromatic heterocycles. The number of methoxy groups -OCH3 is 2. The number of allylic oxidation sites excluding steroid dienone is 2. The number of fused-ring (bicyclic) bond motifs is 6. The van der Waals surface area contributed by atoms with Gasteiger partial charge in [0.2, 0.25) is 11.7 Å². The molecule has 4 aliphatic rings. The number of phenolic OH excluding ortho intramolecular Hbond substituents is 1. The van der Waals surface area contributed by atoms with Crippen molar-refractivity contribution < 1.29 is 29.0 Å². The minimum absolute atomic E-state index is 0.00751. The van der Waals surface area contributed by atoms with Crippen LogP contribution in [0.3, 0.4) is 0 Å². The molecule has 3 aliphatic heterocycles. The van der Waals surface area contributed by atoms with Gasteiger partial charge in [-0.2, -0.15) is 5.26 Å². The highest BCUT2D eigenvalue weighted by Gasteiger charge is 2.58. The maximum Gasteiger partial charge on any atom is 0.229 e. The summed E-state index contributed by atoms with van der Waals surface area (Å²) in [6.45, 7) is 4.85. The predicted octanol–water partition coefficient (Wildman–Crippen LogP) is 3.49. The molecule has 3 heterocycles. The highest BCUT2D eigenvalue weighted by atomic mass is 32.2. The molecule has 1 fully saturated rings. The first-order chi connectivity index (χ1) is 23.4. The van der Waals surface area contributed by atoms with Crippen molar-refractivity contribution in [2.24, 2.45) is 5.92 Å². The quantitative estimate of drug-likeness (QED) is 0.193. The summed E-state index contributed by atoms with van der Waals surface area (Å²) < 4.78 is 19.6. The fraction of sp³-hybridized carbons (Fsp3) is 0.417. The van der Waals surface area contributed by atoms with E-state index >= 15 is 0 Å². The summed E-state index contributed by atoms with van der Waals surface area (Å²) in [6, 6.07) is 10.4. The van der Waals surface area contributed by atoms with Crippen molar-refractivity contribution in [2.75, 3.05) is 27.8 Å². The van der Waals surface area contributed by atoms with Gasteiger partial charge in [-0.15, -0.1) is 0 Å². The fourth-order valence-electron chi connectivity index (χ4n) is 8.14. The second-order valence-corrected chi connectivity index (χ2v) is 14.5. The highest BCUT2D eigenvalue weighted by molar-refractivity contribution is 8.01. The maximum atomic E-state index is 14.1. The summed E-state index contributed by atoms with van der Waals surface area (Å²) in [6.07, 6.45) is 0.579. The SMILES string of the molecule is COC1=C(C)C(=O)C2=C(C1=O)[C@H](CNC(=O)C(C)C(=N)S(=N)c1ccccc1)N1C(C2)[C@H]2c3c(cc(C)c(OC)c3O)C[C@@H]([C@@H]1C#N)N2C. The largest absolute Gasteiger partial charge is 0.504 e. The molecule has 4 N–H and O–H groups in total. The molecule has 13 heteroatoms. The molecule has 2 aromatic rings. The summed E-state index contributed by atoms with van der Waals surface area (Å²) in [5.41, 5.74) is 3.00. The lowest BCUT2D eigenvalue weighted by molar-refractivity contribution is -0.125. The average Bonchev–Trinajstić information content (AvgIpc) is 3.09. The Morgan fingerprint density at radius 1 is 1.14 bits per heavy atom. The lowest BCUT2D eigenvalue weighted by atomic mass is 9.69. The molecular weight excluding hydrogens is 644 g/mol. The van der Waals surface area contributed by atoms with Gasteiger partial charge >= 0.3 is 0 Å². The molecule has 1 saturated heterocycles. The molecule has 2 aromatic carbocycles. The minimum atomic E-state index is -1.36. The zero-order valence-electron chi connectivity index (χ0n) is 28.3. The number of aromatic hydroxyl groups is 1. The van der Waals surface area contributed by atoms with E-state index in [4.69, 9.17) is 19.7 Å². The lowest BCUT2D eigenvalue weighted by Gasteiger charge is -2.60. The van der Waals surface area contributed by atoms with Gasteiger partial charge in [-0.05, 0) is 74.6 Å². The molecule has 1 amide bonds. The summed E-state index contributed by atoms with van der Waals surface area (Å²) in [5.74, 6) is -1.97. The van der Waals surface area contributed by atoms with Crippen molar-refractivity contribution in [2.45, 2.75) is 68.7 Å². The molecule has 3 unspecified atom stereocenters. The van der Waals surface area contributed by atoms with Crippen molar-refractivity contribution in [3.63, 3.8) is 0 Å². The van der Waals surface area contributed by atoms with Gasteiger partial charge in [-0.1, -0.05) is 24.3 Å². The molecule has 256 valence electrons. The van der Waals surface area contributed by atoms with Crippen LogP contribution in [0.4, 0.5) is 0 Å². The predicted molar refractivity (Wildman–Crippen MR) is 182 cm³/mol. The number of amides is 1. The van der Waals surface area contributed by atoms with E-state index in [0.29, 0.717) is 28.2 Å². The van der Waals surface area contributed by atoms with Crippen molar-refractivity contribution in [3.05, 3.63) is 75.6 Å². The second-order valence-electron chi connectivity index (χ2n) is 13.0. The van der Waals surface area contributed by atoms with Crippen molar-refractivity contribution in [1.82, 2.24) is 15.1 Å². The molecule has 7 atom stereocenters. The summed E-state index contributed by atoms with van der Waals surface area (Å²) in [5, 5.41) is 33.9. The number of hydrogen-bond donors (Lipinski definition) is 4. The summed E-state index contributed by atoms with van der Waals surface area (Å²) in [7, 11) is 3.38. The second kappa shape index (κ2) is 13.0. The number of benzene rings is 2. The fourth-order valence-corrected chi connectivity index (χ4v) is 9.28. The van der Waals surface area contributed by atoms with E-state index in [1.54, 1.807) is 38.1 Å². The highest BCUT2D eigenvalue weighted by Crippen LogP contribution is 2.53. The third-order valence-corrected chi connectivity index (χ3v) is 12.1. The number of nitrogens with one attached hydrogen (secondary N) is 3. The van der Waals surface area contributed by atoms with Crippen molar-refractivity contribution in [1.29, 1.82) is 15.5 Å². The van der Waals surface area contributed by atoms with Gasteiger partial charge in [0, 0.05) is 45.8 Å². The van der Waals surface area contributed by atoms with Crippen LogP contribution in [0.15, 0.2) is 63.8 Å². The topological polar surface area (TPSA) is 180 Å². The van der Waals surface area contributed by atoms with Gasteiger partial charge in [-0.3, -0.25) is 34.4 Å². The number of Topliss-reactive ketones (excluding diaryl/α,β-unsaturated/α-hetero) is 2. The monoisotopic (exact) mass is 684 g/mol. The smallest absolute Gasteiger partial charge is 0.229 e. The first kappa shape index (κ1) is 34.2. The van der Waals surface area contributed by atoms with E-state index in [9.17, 15) is 24.8 Å². The Morgan fingerprint density at radius 3 is 2.47 bits per heavy atom. The molecule has 0 saturated carbocycles. The van der Waals surface area contributed by atoms with Gasteiger partial charge < -0.3 is 19.9 Å². The van der Waals surface area contributed by atoms with Crippen LogP contribution >= 0.6 is 0 Å². The number of nitriles is 1. The van der Waals surface area contributed by atoms with Crippen LogP contribution in [0.25, 0.3) is 0 Å². The summed E-state index contributed by atoms with van der Waals surface area (Å²) in [4.78, 5) is 46.3. The van der Waals surface area contributed by atoms with Crippen LogP contribution in [-0.2, 0) is 36.2 Å². The number of nitrogens with zero attached hydrogens (tertiary/aromatic N) is 3. The Morgan fingerprint density at radius 2 is 1.84 bits per heavy atom. The van der Waals surface area contributed by atoms with E-state index in [0.717, 1.165) is 11.1 Å². The van der Waals surface area contributed by atoms with Gasteiger partial charge in [0.25, 0.3) is 0 Å². The Bertz CT molecular complexity index is 1920. The first-order valence-electron chi connectivity index (χ1n) is 16.1. The number of carbonyl (C=O) groups excluding carboxylic acids is 3. The Labute approximate surface area is 287 Å². The number of rotatable bonds is 7. The number of aryl methyl sites for hydroxylation is 1. The van der Waals surface area contributed by atoms with Gasteiger partial charge in [0.05, 0.1) is 43.3 Å². The Hall–Kier alpha value is -4.64. The minimum Gasteiger partial charge on any atom is -0.504 e. The average molecular weight is 685 g/mol. The van der Waals surface area contributed by atoms with Crippen LogP contribution in [0, 0.1) is 34.4 Å². The maximum absolute atomic E-state index is 14.1. The Balaban J connectivity index is 1.43. The number of phenols is 1. The molecule has 0 radical (unpaired) electrons. The number of likely N-dealkylation sites (N-methyl/N-ethyl adjacent to an activating group) is 1. The molecular formula is C36H40N6O6S. The third kappa shape index (κ3) is 5.29. The number of hydrogen-bond acceptors (Lipinski definition) is 11. The number of piperazine rings is 1. The van der Waals surface area contributed by atoms with E-state index in [2.05, 4.69) is 16.3 Å². The first-order valence-corrected chi connectivity index (χ1v) is 17.3. The molecule has 12 nitrogen and oxygen atoms in total. The number of ketones is 2. The van der Waals surface area contributed by atoms with Crippen LogP contribution in [0.5, 0.6) is 11.5 Å². The van der Waals surface area contributed by atoms with Gasteiger partial charge in [0.15, 0.2) is 23.0 Å². The van der Waals surface area contributed by atoms with Crippen LogP contribution < -0.4 is 10.1 Å². The van der Waals surface area contributed by atoms with Crippen LogP contribution in [0.2, 0.25) is 0 Å². The van der Waals surface area contributed by atoms with Gasteiger partial charge in [-0.25, -0.2) is 0 Å². The molecule has 6 rings (SSSR count). The zero-order chi connectivity index (χ0) is 35.5. The summed E-state index contributed by atoms with van der Waals surface area (Å²) >= 11 is 0. The van der Waals surface area contributed by atoms with Crippen LogP contribution in [0.1, 0.15) is 43.0 Å². The van der Waals surface area contributed by atoms with E-state index in [1.165, 1.54) is 14.2 Å².